The number of hydrogen-bond donors (Lipinski definition) is 1. The molecule has 1 unspecified atom stereocenters. The summed E-state index contributed by atoms with van der Waals surface area (Å²) in [6, 6.07) is 46.9. The molecule has 1 aliphatic rings. The first-order valence-corrected chi connectivity index (χ1v) is 14.8. The van der Waals surface area contributed by atoms with E-state index in [1.807, 2.05) is 42.5 Å². The summed E-state index contributed by atoms with van der Waals surface area (Å²) in [5.74, 6) is 0.191. The molecule has 1 N–H and O–H groups in total. The van der Waals surface area contributed by atoms with Crippen LogP contribution in [0.1, 0.15) is 22.4 Å². The van der Waals surface area contributed by atoms with E-state index in [1.165, 1.54) is 22.7 Å². The fourth-order valence-electron chi connectivity index (χ4n) is 7.07. The fraction of sp³-hybridized carbons (Fsp3) is 0.0250. The van der Waals surface area contributed by atoms with Crippen LogP contribution in [0.15, 0.2) is 144 Å². The molecule has 5 nitrogen and oxygen atoms in total. The minimum atomic E-state index is -0.811. The first-order valence-electron chi connectivity index (χ1n) is 14.8. The zero-order valence-electron chi connectivity index (χ0n) is 24.3. The maximum absolute atomic E-state index is 10.8. The molecule has 0 radical (unpaired) electrons. The van der Waals surface area contributed by atoms with E-state index in [4.69, 9.17) is 9.40 Å². The molecule has 8 aromatic rings. The summed E-state index contributed by atoms with van der Waals surface area (Å²) >= 11 is 0. The Morgan fingerprint density at radius 1 is 0.652 bits per heavy atom. The van der Waals surface area contributed by atoms with Crippen molar-refractivity contribution in [1.82, 2.24) is 15.0 Å². The van der Waals surface area contributed by atoms with Crippen LogP contribution in [0.5, 0.6) is 5.75 Å². The second kappa shape index (κ2) is 10.9. The smallest absolute Gasteiger partial charge is 0.219 e. The Kier molecular flexibility index (Phi) is 6.66. The molecule has 0 saturated heterocycles. The summed E-state index contributed by atoms with van der Waals surface area (Å²) in [5, 5.41) is 14.0. The van der Waals surface area contributed by atoms with Crippen LogP contribution in [0.25, 0.3) is 55.5 Å². The number of aromatic nitrogens is 3. The van der Waals surface area contributed by atoms with Gasteiger partial charge in [0.1, 0.15) is 12.1 Å². The fourth-order valence-corrected chi connectivity index (χ4v) is 7.07. The van der Waals surface area contributed by atoms with Gasteiger partial charge in [0.25, 0.3) is 0 Å². The molecule has 0 saturated carbocycles. The van der Waals surface area contributed by atoms with E-state index < -0.39 is 5.41 Å². The van der Waals surface area contributed by atoms with E-state index in [-0.39, 0.29) is 26.8 Å². The Morgan fingerprint density at radius 2 is 1.46 bits per heavy atom. The van der Waals surface area contributed by atoms with Gasteiger partial charge < -0.3 is 9.52 Å². The number of aromatic hydroxyl groups is 1. The number of pyridine rings is 1. The van der Waals surface area contributed by atoms with Crippen molar-refractivity contribution < 1.29 is 30.6 Å². The quantitative estimate of drug-likeness (QED) is 0.181. The summed E-state index contributed by atoms with van der Waals surface area (Å²) in [5.41, 5.74) is 9.10. The predicted octanol–water partition coefficient (Wildman–Crippen LogP) is 8.97. The molecule has 0 fully saturated rings. The van der Waals surface area contributed by atoms with Gasteiger partial charge in [-0.1, -0.05) is 78.9 Å². The van der Waals surface area contributed by atoms with Crippen molar-refractivity contribution in [2.24, 2.45) is 0 Å². The number of benzene rings is 5. The number of rotatable bonds is 4. The van der Waals surface area contributed by atoms with Gasteiger partial charge >= 0.3 is 0 Å². The molecule has 1 aliphatic carbocycles. The zero-order valence-corrected chi connectivity index (χ0v) is 26.6. The van der Waals surface area contributed by atoms with Crippen molar-refractivity contribution in [3.8, 4) is 39.4 Å². The largest absolute Gasteiger partial charge is 0.507 e. The first-order chi connectivity index (χ1) is 22.2. The second-order valence-electron chi connectivity index (χ2n) is 11.3. The normalized spacial score (nSPS) is 15.0. The van der Waals surface area contributed by atoms with E-state index in [1.54, 1.807) is 12.3 Å². The van der Waals surface area contributed by atoms with Crippen molar-refractivity contribution in [3.05, 3.63) is 168 Å². The average Bonchev–Trinajstić information content (AvgIpc) is 3.70. The second-order valence-corrected chi connectivity index (χ2v) is 11.3. The number of phenolic OH excluding ortho intramolecular Hbond substituents is 1. The van der Waals surface area contributed by atoms with Gasteiger partial charge in [-0.3, -0.25) is 9.97 Å². The summed E-state index contributed by atoms with van der Waals surface area (Å²) in [6.45, 7) is 0. The number of nitrogens with zero attached hydrogens (tertiary/aromatic N) is 3. The molecule has 0 spiro atoms. The van der Waals surface area contributed by atoms with Gasteiger partial charge in [-0.05, 0) is 63.4 Å². The predicted molar refractivity (Wildman–Crippen MR) is 176 cm³/mol. The monoisotopic (exact) mass is 773 g/mol. The third-order valence-corrected chi connectivity index (χ3v) is 8.96. The molecule has 3 heterocycles. The number of para-hydroxylation sites is 1. The molecule has 222 valence electrons. The van der Waals surface area contributed by atoms with Gasteiger partial charge in [-0.2, -0.15) is 0 Å². The molecular formula is C40H24N3O2Pt-. The Labute approximate surface area is 279 Å². The molecule has 3 aromatic heterocycles. The van der Waals surface area contributed by atoms with Crippen molar-refractivity contribution >= 4 is 21.9 Å². The molecule has 0 bridgehead atoms. The number of fused-ring (bicyclic) bond motifs is 6. The number of furan rings is 1. The molecule has 46 heavy (non-hydrogen) atoms. The molecule has 9 rings (SSSR count). The van der Waals surface area contributed by atoms with Gasteiger partial charge in [-0.15, -0.1) is 35.4 Å². The third-order valence-electron chi connectivity index (χ3n) is 8.96. The van der Waals surface area contributed by atoms with Crippen LogP contribution in [0, 0.1) is 6.07 Å². The Hall–Kier alpha value is -5.38. The van der Waals surface area contributed by atoms with E-state index in [0.29, 0.717) is 17.0 Å². The van der Waals surface area contributed by atoms with Crippen LogP contribution >= 0.6 is 0 Å². The van der Waals surface area contributed by atoms with Crippen LogP contribution < -0.4 is 0 Å². The zero-order chi connectivity index (χ0) is 30.0. The summed E-state index contributed by atoms with van der Waals surface area (Å²) < 4.78 is 5.60. The van der Waals surface area contributed by atoms with Crippen LogP contribution in [-0.2, 0) is 26.5 Å². The third kappa shape index (κ3) is 4.02. The summed E-state index contributed by atoms with van der Waals surface area (Å²) in [6.07, 6.45) is 3.16. The summed E-state index contributed by atoms with van der Waals surface area (Å²) in [7, 11) is 0. The van der Waals surface area contributed by atoms with E-state index in [0.717, 1.165) is 44.6 Å². The maximum Gasteiger partial charge on any atom is 0.219 e. The standard InChI is InChI=1S/C40H24N3O2.Pt/c44-35-17-6-4-14-30(35)34-16-8-18-36(43-34)40(27-11-7-10-26(23-27)38-31-21-22-45-39(31)42-24-41-38)32-15-5-3-13-29(32)37-28-12-2-1-9-25(28)19-20-33(37)40;/h1-22,24,44H;/q-1;. The molecular weight excluding hydrogens is 750 g/mol. The Balaban J connectivity index is 0.00000312. The van der Waals surface area contributed by atoms with Crippen molar-refractivity contribution in [3.63, 3.8) is 0 Å². The van der Waals surface area contributed by atoms with Crippen molar-refractivity contribution in [2.45, 2.75) is 5.41 Å². The van der Waals surface area contributed by atoms with E-state index in [2.05, 4.69) is 94.9 Å². The van der Waals surface area contributed by atoms with Crippen LogP contribution in [-0.4, -0.2) is 20.1 Å². The minimum absolute atomic E-state index is 0. The molecule has 6 heteroatoms. The van der Waals surface area contributed by atoms with Gasteiger partial charge in [0, 0.05) is 37.7 Å². The van der Waals surface area contributed by atoms with Gasteiger partial charge in [-0.25, -0.2) is 4.98 Å². The molecule has 5 aromatic carbocycles. The maximum atomic E-state index is 10.8. The van der Waals surface area contributed by atoms with Gasteiger partial charge in [0.2, 0.25) is 5.71 Å². The topological polar surface area (TPSA) is 72.0 Å². The minimum Gasteiger partial charge on any atom is -0.507 e. The molecule has 1 atom stereocenters. The van der Waals surface area contributed by atoms with Gasteiger partial charge in [0.05, 0.1) is 23.1 Å². The van der Waals surface area contributed by atoms with Crippen LogP contribution in [0.2, 0.25) is 0 Å². The van der Waals surface area contributed by atoms with E-state index in [9.17, 15) is 5.11 Å². The Morgan fingerprint density at radius 3 is 2.37 bits per heavy atom. The van der Waals surface area contributed by atoms with Crippen molar-refractivity contribution in [2.75, 3.05) is 0 Å². The van der Waals surface area contributed by atoms with Crippen LogP contribution in [0.4, 0.5) is 0 Å². The van der Waals surface area contributed by atoms with Crippen molar-refractivity contribution in [1.29, 1.82) is 0 Å². The average molecular weight is 774 g/mol. The Bertz CT molecular complexity index is 2440. The number of phenols is 1. The molecule has 0 aliphatic heterocycles. The summed E-state index contributed by atoms with van der Waals surface area (Å²) in [4.78, 5) is 14.3. The van der Waals surface area contributed by atoms with Crippen LogP contribution in [0.3, 0.4) is 0 Å². The van der Waals surface area contributed by atoms with Gasteiger partial charge in [0.15, 0.2) is 0 Å². The first kappa shape index (κ1) is 28.1. The SMILES string of the molecule is Oc1ccccc1-c1cccc(C2(c3[c-]c(-c4ncnc5occc45)ccc3)c3ccccc3-c3c2ccc2ccccc32)n1.[Pt]. The molecule has 0 amide bonds. The number of hydrogen-bond acceptors (Lipinski definition) is 5. The van der Waals surface area contributed by atoms with E-state index >= 15 is 0 Å².